The van der Waals surface area contributed by atoms with Crippen LogP contribution in [0.1, 0.15) is 25.3 Å². The molecule has 0 aliphatic carbocycles. The van der Waals surface area contributed by atoms with Crippen molar-refractivity contribution in [2.75, 3.05) is 16.7 Å². The van der Waals surface area contributed by atoms with Crippen LogP contribution in [0.2, 0.25) is 0 Å². The summed E-state index contributed by atoms with van der Waals surface area (Å²) in [7, 11) is -3.71. The van der Waals surface area contributed by atoms with Crippen LogP contribution in [-0.4, -0.2) is 39.9 Å². The van der Waals surface area contributed by atoms with Gasteiger partial charge in [0.2, 0.25) is 10.0 Å². The van der Waals surface area contributed by atoms with Crippen LogP contribution in [0.4, 0.5) is 10.2 Å². The fraction of sp³-hybridized carbons (Fsp3) is 0.333. The molecule has 0 radical (unpaired) electrons. The Bertz CT molecular complexity index is 1290. The number of H-pyrrole nitrogens is 1. The molecule has 2 N–H and O–H groups in total. The van der Waals surface area contributed by atoms with Crippen molar-refractivity contribution in [2.24, 2.45) is 0 Å². The Morgan fingerprint density at radius 2 is 1.90 bits per heavy atom. The zero-order chi connectivity index (χ0) is 21.9. The van der Waals surface area contributed by atoms with Gasteiger partial charge >= 0.3 is 11.1 Å². The third-order valence-corrected chi connectivity index (χ3v) is 5.57. The molecule has 0 amide bonds. The Hall–Kier alpha value is -2.73. The van der Waals surface area contributed by atoms with Crippen molar-refractivity contribution in [3.8, 4) is 0 Å². The maximum atomic E-state index is 13.2. The predicted molar refractivity (Wildman–Crippen MR) is 114 cm³/mol. The highest BCUT2D eigenvalue weighted by molar-refractivity contribution is 7.99. The second kappa shape index (κ2) is 8.96. The minimum absolute atomic E-state index is 0.00743. The van der Waals surface area contributed by atoms with Gasteiger partial charge in [0.1, 0.15) is 11.3 Å². The van der Waals surface area contributed by atoms with Crippen molar-refractivity contribution >= 4 is 38.8 Å². The summed E-state index contributed by atoms with van der Waals surface area (Å²) in [6.45, 7) is 1.98. The SMILES string of the molecule is CCCCSc1nc(NS(C)(=O)=O)c2[nH]c(=O)c(=O)n(Cc3ccc(F)cc3)c2n1. The van der Waals surface area contributed by atoms with Gasteiger partial charge in [0.15, 0.2) is 16.6 Å². The van der Waals surface area contributed by atoms with Crippen LogP contribution in [0.25, 0.3) is 11.2 Å². The number of nitrogens with one attached hydrogen (secondary N) is 2. The Labute approximate surface area is 175 Å². The van der Waals surface area contributed by atoms with E-state index in [2.05, 4.69) is 19.7 Å². The summed E-state index contributed by atoms with van der Waals surface area (Å²) in [5.74, 6) is 0.149. The Morgan fingerprint density at radius 1 is 1.20 bits per heavy atom. The number of halogens is 1. The monoisotopic (exact) mass is 453 g/mol. The number of fused-ring (bicyclic) bond motifs is 1. The summed E-state index contributed by atoms with van der Waals surface area (Å²) in [4.78, 5) is 35.8. The number of sulfonamides is 1. The van der Waals surface area contributed by atoms with Crippen LogP contribution in [0, 0.1) is 5.82 Å². The van der Waals surface area contributed by atoms with Crippen molar-refractivity contribution in [1.29, 1.82) is 0 Å². The Balaban J connectivity index is 2.22. The number of hydrogen-bond donors (Lipinski definition) is 2. The second-order valence-corrected chi connectivity index (χ2v) is 9.41. The topological polar surface area (TPSA) is 127 Å². The third-order valence-electron chi connectivity index (χ3n) is 4.07. The molecule has 12 heteroatoms. The first-order chi connectivity index (χ1) is 14.2. The summed E-state index contributed by atoms with van der Waals surface area (Å²) < 4.78 is 40.2. The van der Waals surface area contributed by atoms with Crippen LogP contribution in [0.3, 0.4) is 0 Å². The number of aromatic nitrogens is 4. The van der Waals surface area contributed by atoms with Crippen molar-refractivity contribution < 1.29 is 12.8 Å². The van der Waals surface area contributed by atoms with E-state index in [4.69, 9.17) is 0 Å². The van der Waals surface area contributed by atoms with Crippen molar-refractivity contribution in [3.05, 3.63) is 56.4 Å². The molecule has 9 nitrogen and oxygen atoms in total. The van der Waals surface area contributed by atoms with E-state index in [0.717, 1.165) is 23.7 Å². The molecular formula is C18H20FN5O4S2. The molecule has 0 bridgehead atoms. The standard InChI is InChI=1S/C18H20FN5O4S2/c1-3-4-9-29-18-21-14(23-30(2,27)28)13-15(22-18)24(17(26)16(25)20-13)10-11-5-7-12(19)8-6-11/h5-8H,3-4,9-10H2,1-2H3,(H,20,25)(H,21,22,23). The van der Waals surface area contributed by atoms with Gasteiger partial charge in [-0.1, -0.05) is 37.2 Å². The van der Waals surface area contributed by atoms with Gasteiger partial charge in [0.05, 0.1) is 12.8 Å². The van der Waals surface area contributed by atoms with Crippen molar-refractivity contribution in [1.82, 2.24) is 19.5 Å². The zero-order valence-corrected chi connectivity index (χ0v) is 17.9. The van der Waals surface area contributed by atoms with E-state index in [1.165, 1.54) is 36.0 Å². The quantitative estimate of drug-likeness (QED) is 0.231. The molecular weight excluding hydrogens is 433 g/mol. The average molecular weight is 454 g/mol. The smallest absolute Gasteiger partial charge is 0.311 e. The molecule has 2 aromatic heterocycles. The number of anilines is 1. The summed E-state index contributed by atoms with van der Waals surface area (Å²) >= 11 is 1.31. The first kappa shape index (κ1) is 22.0. The Morgan fingerprint density at radius 3 is 2.53 bits per heavy atom. The summed E-state index contributed by atoms with van der Waals surface area (Å²) in [6.07, 6.45) is 2.81. The number of hydrogen-bond acceptors (Lipinski definition) is 7. The Kier molecular flexibility index (Phi) is 6.56. The number of unbranched alkanes of at least 4 members (excludes halogenated alkanes) is 1. The molecule has 30 heavy (non-hydrogen) atoms. The molecule has 160 valence electrons. The normalized spacial score (nSPS) is 11.7. The highest BCUT2D eigenvalue weighted by Crippen LogP contribution is 2.23. The lowest BCUT2D eigenvalue weighted by Gasteiger charge is -2.13. The lowest BCUT2D eigenvalue weighted by Crippen LogP contribution is -2.37. The average Bonchev–Trinajstić information content (AvgIpc) is 2.67. The van der Waals surface area contributed by atoms with E-state index in [0.29, 0.717) is 11.3 Å². The predicted octanol–water partition coefficient (Wildman–Crippen LogP) is 1.93. The molecule has 0 aliphatic heterocycles. The number of rotatable bonds is 8. The zero-order valence-electron chi connectivity index (χ0n) is 16.3. The van der Waals surface area contributed by atoms with Crippen molar-refractivity contribution in [3.63, 3.8) is 0 Å². The fourth-order valence-corrected chi connectivity index (χ4v) is 4.09. The number of thioether (sulfide) groups is 1. The molecule has 1 aromatic carbocycles. The van der Waals surface area contributed by atoms with E-state index in [1.807, 2.05) is 6.92 Å². The largest absolute Gasteiger partial charge is 0.318 e. The molecule has 0 aliphatic rings. The maximum Gasteiger partial charge on any atom is 0.318 e. The van der Waals surface area contributed by atoms with Gasteiger partial charge in [0, 0.05) is 5.75 Å². The number of aromatic amines is 1. The minimum Gasteiger partial charge on any atom is -0.311 e. The molecule has 3 rings (SSSR count). The number of benzene rings is 1. The van der Waals surface area contributed by atoms with E-state index in [1.54, 1.807) is 0 Å². The van der Waals surface area contributed by atoms with Gasteiger partial charge < -0.3 is 4.98 Å². The van der Waals surface area contributed by atoms with E-state index >= 15 is 0 Å². The molecule has 0 fully saturated rings. The van der Waals surface area contributed by atoms with Crippen molar-refractivity contribution in [2.45, 2.75) is 31.5 Å². The molecule has 0 saturated heterocycles. The highest BCUT2D eigenvalue weighted by atomic mass is 32.2. The molecule has 3 aromatic rings. The van der Waals surface area contributed by atoms with Gasteiger partial charge in [0.25, 0.3) is 0 Å². The van der Waals surface area contributed by atoms with Crippen LogP contribution in [0.5, 0.6) is 0 Å². The van der Waals surface area contributed by atoms with E-state index < -0.39 is 27.0 Å². The van der Waals surface area contributed by atoms with Crippen LogP contribution >= 0.6 is 11.8 Å². The fourth-order valence-electron chi connectivity index (χ4n) is 2.67. The van der Waals surface area contributed by atoms with Gasteiger partial charge in [-0.25, -0.2) is 22.8 Å². The lowest BCUT2D eigenvalue weighted by molar-refractivity contribution is 0.606. The van der Waals surface area contributed by atoms with Crippen LogP contribution < -0.4 is 15.8 Å². The lowest BCUT2D eigenvalue weighted by atomic mass is 10.2. The molecule has 0 atom stereocenters. The first-order valence-corrected chi connectivity index (χ1v) is 12.0. The summed E-state index contributed by atoms with van der Waals surface area (Å²) in [5.41, 5.74) is -1.17. The van der Waals surface area contributed by atoms with E-state index in [-0.39, 0.29) is 28.7 Å². The van der Waals surface area contributed by atoms with Crippen LogP contribution in [0.15, 0.2) is 39.0 Å². The highest BCUT2D eigenvalue weighted by Gasteiger charge is 2.18. The third kappa shape index (κ3) is 5.25. The maximum absolute atomic E-state index is 13.2. The first-order valence-electron chi connectivity index (χ1n) is 9.08. The van der Waals surface area contributed by atoms with E-state index in [9.17, 15) is 22.4 Å². The summed E-state index contributed by atoms with van der Waals surface area (Å²) in [5, 5.41) is 0.265. The molecule has 0 unspecified atom stereocenters. The van der Waals surface area contributed by atoms with Gasteiger partial charge in [-0.15, -0.1) is 0 Å². The summed E-state index contributed by atoms with van der Waals surface area (Å²) in [6, 6.07) is 5.46. The minimum atomic E-state index is -3.71. The van der Waals surface area contributed by atoms with Gasteiger partial charge in [-0.05, 0) is 24.1 Å². The van der Waals surface area contributed by atoms with Crippen LogP contribution in [-0.2, 0) is 16.6 Å². The number of nitrogens with zero attached hydrogens (tertiary/aromatic N) is 3. The molecule has 2 heterocycles. The molecule has 0 saturated carbocycles. The van der Waals surface area contributed by atoms with Gasteiger partial charge in [-0.3, -0.25) is 18.9 Å². The second-order valence-electron chi connectivity index (χ2n) is 6.60. The molecule has 0 spiro atoms. The van der Waals surface area contributed by atoms with Gasteiger partial charge in [-0.2, -0.15) is 0 Å².